The summed E-state index contributed by atoms with van der Waals surface area (Å²) in [6.07, 6.45) is 2.20. The third-order valence-corrected chi connectivity index (χ3v) is 3.51. The van der Waals surface area contributed by atoms with Crippen molar-refractivity contribution < 1.29 is 9.53 Å². The van der Waals surface area contributed by atoms with Crippen molar-refractivity contribution in [3.8, 4) is 5.75 Å². The average Bonchev–Trinajstić information content (AvgIpc) is 3.25. The van der Waals surface area contributed by atoms with Crippen molar-refractivity contribution in [2.45, 2.75) is 18.8 Å². The lowest BCUT2D eigenvalue weighted by Crippen LogP contribution is -2.47. The lowest BCUT2D eigenvalue weighted by molar-refractivity contribution is 0.145. The van der Waals surface area contributed by atoms with Gasteiger partial charge in [0.05, 0.1) is 0 Å². The van der Waals surface area contributed by atoms with Crippen LogP contribution in [0.5, 0.6) is 5.75 Å². The smallest absolute Gasteiger partial charge is 0.410 e. The molecule has 0 atom stereocenters. The summed E-state index contributed by atoms with van der Waals surface area (Å²) in [4.78, 5) is 13.8. The zero-order chi connectivity index (χ0) is 12.4. The molecule has 0 spiro atoms. The molecular weight excluding hydrogens is 228 g/mol. The molecule has 4 nitrogen and oxygen atoms in total. The molecule has 1 aliphatic heterocycles. The van der Waals surface area contributed by atoms with Gasteiger partial charge in [-0.15, -0.1) is 0 Å². The van der Waals surface area contributed by atoms with Gasteiger partial charge in [-0.05, 0) is 30.4 Å². The maximum absolute atomic E-state index is 12.0. The Kier molecular flexibility index (Phi) is 3.19. The van der Waals surface area contributed by atoms with Crippen molar-refractivity contribution in [3.05, 3.63) is 29.8 Å². The molecule has 0 radical (unpaired) electrons. The Balaban J connectivity index is 1.69. The fourth-order valence-electron chi connectivity index (χ4n) is 2.31. The predicted molar refractivity (Wildman–Crippen MR) is 68.9 cm³/mol. The van der Waals surface area contributed by atoms with Gasteiger partial charge in [-0.2, -0.15) is 0 Å². The van der Waals surface area contributed by atoms with Gasteiger partial charge in [0.25, 0.3) is 0 Å². The van der Waals surface area contributed by atoms with Crippen molar-refractivity contribution in [2.24, 2.45) is 0 Å². The second-order valence-corrected chi connectivity index (χ2v) is 4.92. The minimum atomic E-state index is -0.218. The van der Waals surface area contributed by atoms with Gasteiger partial charge >= 0.3 is 6.09 Å². The van der Waals surface area contributed by atoms with Gasteiger partial charge in [-0.1, -0.05) is 18.2 Å². The van der Waals surface area contributed by atoms with E-state index in [1.54, 1.807) is 4.90 Å². The number of piperazine rings is 1. The van der Waals surface area contributed by atoms with Crippen LogP contribution in [-0.2, 0) is 0 Å². The Morgan fingerprint density at radius 1 is 1.22 bits per heavy atom. The number of para-hydroxylation sites is 1. The monoisotopic (exact) mass is 246 g/mol. The van der Waals surface area contributed by atoms with Crippen LogP contribution in [0.15, 0.2) is 24.3 Å². The van der Waals surface area contributed by atoms with E-state index < -0.39 is 0 Å². The number of nitrogens with zero attached hydrogens (tertiary/aromatic N) is 1. The molecule has 96 valence electrons. The van der Waals surface area contributed by atoms with Crippen molar-refractivity contribution in [3.63, 3.8) is 0 Å². The summed E-state index contributed by atoms with van der Waals surface area (Å²) in [7, 11) is 0. The lowest BCUT2D eigenvalue weighted by atomic mass is 10.1. The number of carbonyl (C=O) groups is 1. The normalized spacial score (nSPS) is 19.7. The SMILES string of the molecule is O=C(Oc1ccccc1C1CC1)N1CCNCC1. The second-order valence-electron chi connectivity index (χ2n) is 4.92. The molecule has 0 unspecified atom stereocenters. The van der Waals surface area contributed by atoms with E-state index in [2.05, 4.69) is 11.4 Å². The number of rotatable bonds is 2. The van der Waals surface area contributed by atoms with Gasteiger partial charge in [0.15, 0.2) is 0 Å². The fourth-order valence-corrected chi connectivity index (χ4v) is 2.31. The molecule has 1 aromatic carbocycles. The minimum Gasteiger partial charge on any atom is -0.410 e. The average molecular weight is 246 g/mol. The molecule has 1 N–H and O–H groups in total. The van der Waals surface area contributed by atoms with Gasteiger partial charge in [-0.3, -0.25) is 0 Å². The van der Waals surface area contributed by atoms with Crippen molar-refractivity contribution in [1.82, 2.24) is 10.2 Å². The first-order valence-electron chi connectivity index (χ1n) is 6.61. The minimum absolute atomic E-state index is 0.218. The number of hydrogen-bond donors (Lipinski definition) is 1. The van der Waals surface area contributed by atoms with E-state index in [0.717, 1.165) is 31.9 Å². The first-order valence-corrected chi connectivity index (χ1v) is 6.61. The molecule has 1 amide bonds. The number of amides is 1. The van der Waals surface area contributed by atoms with E-state index in [1.165, 1.54) is 18.4 Å². The van der Waals surface area contributed by atoms with Crippen LogP contribution >= 0.6 is 0 Å². The van der Waals surface area contributed by atoms with E-state index in [1.807, 2.05) is 18.2 Å². The Hall–Kier alpha value is -1.55. The Labute approximate surface area is 107 Å². The lowest BCUT2D eigenvalue weighted by Gasteiger charge is -2.26. The van der Waals surface area contributed by atoms with Crippen LogP contribution in [0.4, 0.5) is 4.79 Å². The topological polar surface area (TPSA) is 41.6 Å². The molecule has 1 saturated carbocycles. The van der Waals surface area contributed by atoms with E-state index in [9.17, 15) is 4.79 Å². The van der Waals surface area contributed by atoms with E-state index >= 15 is 0 Å². The van der Waals surface area contributed by atoms with Gasteiger partial charge in [0.2, 0.25) is 0 Å². The summed E-state index contributed by atoms with van der Waals surface area (Å²) in [6, 6.07) is 7.90. The highest BCUT2D eigenvalue weighted by molar-refractivity contribution is 5.71. The predicted octanol–water partition coefficient (Wildman–Crippen LogP) is 1.97. The number of carbonyl (C=O) groups excluding carboxylic acids is 1. The van der Waals surface area contributed by atoms with Gasteiger partial charge < -0.3 is 15.0 Å². The molecular formula is C14H18N2O2. The van der Waals surface area contributed by atoms with Crippen LogP contribution in [-0.4, -0.2) is 37.2 Å². The second kappa shape index (κ2) is 4.98. The maximum atomic E-state index is 12.0. The zero-order valence-corrected chi connectivity index (χ0v) is 10.4. The zero-order valence-electron chi connectivity index (χ0n) is 10.4. The maximum Gasteiger partial charge on any atom is 0.415 e. The highest BCUT2D eigenvalue weighted by atomic mass is 16.6. The number of ether oxygens (including phenoxy) is 1. The van der Waals surface area contributed by atoms with Crippen LogP contribution in [0.3, 0.4) is 0 Å². The quantitative estimate of drug-likeness (QED) is 0.867. The first kappa shape index (κ1) is 11.5. The summed E-state index contributed by atoms with van der Waals surface area (Å²) >= 11 is 0. The van der Waals surface area contributed by atoms with E-state index in [4.69, 9.17) is 4.74 Å². The van der Waals surface area contributed by atoms with Crippen molar-refractivity contribution >= 4 is 6.09 Å². The van der Waals surface area contributed by atoms with Crippen molar-refractivity contribution in [1.29, 1.82) is 0 Å². The van der Waals surface area contributed by atoms with Gasteiger partial charge in [-0.25, -0.2) is 4.79 Å². The molecule has 4 heteroatoms. The third-order valence-electron chi connectivity index (χ3n) is 3.51. The standard InChI is InChI=1S/C14H18N2O2/c17-14(16-9-7-15-8-10-16)18-13-4-2-1-3-12(13)11-5-6-11/h1-4,11,15H,5-10H2. The molecule has 2 aliphatic rings. The van der Waals surface area contributed by atoms with Crippen LogP contribution in [0.2, 0.25) is 0 Å². The molecule has 0 aromatic heterocycles. The summed E-state index contributed by atoms with van der Waals surface area (Å²) in [5, 5.41) is 3.22. The Morgan fingerprint density at radius 3 is 2.67 bits per heavy atom. The summed E-state index contributed by atoms with van der Waals surface area (Å²) in [6.45, 7) is 3.15. The number of nitrogens with one attached hydrogen (secondary N) is 1. The van der Waals surface area contributed by atoms with Crippen LogP contribution < -0.4 is 10.1 Å². The third kappa shape index (κ3) is 2.48. The van der Waals surface area contributed by atoms with Gasteiger partial charge in [0, 0.05) is 26.2 Å². The summed E-state index contributed by atoms with van der Waals surface area (Å²) in [5.74, 6) is 1.33. The molecule has 18 heavy (non-hydrogen) atoms. The fraction of sp³-hybridized carbons (Fsp3) is 0.500. The first-order chi connectivity index (χ1) is 8.84. The van der Waals surface area contributed by atoms with Crippen LogP contribution in [0.1, 0.15) is 24.3 Å². The van der Waals surface area contributed by atoms with Crippen molar-refractivity contribution in [2.75, 3.05) is 26.2 Å². The van der Waals surface area contributed by atoms with E-state index in [0.29, 0.717) is 5.92 Å². The summed E-state index contributed by atoms with van der Waals surface area (Å²) < 4.78 is 5.55. The Bertz CT molecular complexity index is 437. The molecule has 1 aromatic rings. The molecule has 2 fully saturated rings. The van der Waals surface area contributed by atoms with Crippen LogP contribution in [0, 0.1) is 0 Å². The van der Waals surface area contributed by atoms with E-state index in [-0.39, 0.29) is 6.09 Å². The molecule has 1 aliphatic carbocycles. The highest BCUT2D eigenvalue weighted by Crippen LogP contribution is 2.44. The largest absolute Gasteiger partial charge is 0.415 e. The summed E-state index contributed by atoms with van der Waals surface area (Å²) in [5.41, 5.74) is 1.18. The number of hydrogen-bond acceptors (Lipinski definition) is 3. The van der Waals surface area contributed by atoms with Crippen LogP contribution in [0.25, 0.3) is 0 Å². The number of benzene rings is 1. The highest BCUT2D eigenvalue weighted by Gasteiger charge is 2.28. The molecule has 0 bridgehead atoms. The van der Waals surface area contributed by atoms with Gasteiger partial charge in [0.1, 0.15) is 5.75 Å². The molecule has 1 heterocycles. The molecule has 3 rings (SSSR count). The molecule has 1 saturated heterocycles. The Morgan fingerprint density at radius 2 is 1.94 bits per heavy atom.